The second-order valence-corrected chi connectivity index (χ2v) is 2.60. The molecule has 1 aliphatic rings. The van der Waals surface area contributed by atoms with Crippen molar-refractivity contribution < 1.29 is 9.84 Å². The molecule has 3 nitrogen and oxygen atoms in total. The number of aliphatic hydroxyl groups excluding tert-OH is 1. The van der Waals surface area contributed by atoms with Crippen molar-refractivity contribution in [3.05, 3.63) is 11.6 Å². The fourth-order valence-electron chi connectivity index (χ4n) is 1.06. The molecule has 2 N–H and O–H groups in total. The zero-order valence-electron chi connectivity index (χ0n) is 6.68. The summed E-state index contributed by atoms with van der Waals surface area (Å²) in [5.41, 5.74) is 1.30. The molecule has 0 saturated carbocycles. The van der Waals surface area contributed by atoms with Gasteiger partial charge in [0.1, 0.15) is 0 Å². The number of hydrogen-bond acceptors (Lipinski definition) is 3. The van der Waals surface area contributed by atoms with Crippen molar-refractivity contribution >= 4 is 0 Å². The zero-order chi connectivity index (χ0) is 7.94. The van der Waals surface area contributed by atoms with Crippen molar-refractivity contribution in [2.75, 3.05) is 32.9 Å². The maximum atomic E-state index is 8.48. The van der Waals surface area contributed by atoms with Gasteiger partial charge in [-0.1, -0.05) is 6.08 Å². The summed E-state index contributed by atoms with van der Waals surface area (Å²) in [4.78, 5) is 0. The third-order valence-corrected chi connectivity index (χ3v) is 1.62. The Morgan fingerprint density at radius 2 is 2.55 bits per heavy atom. The van der Waals surface area contributed by atoms with E-state index in [0.29, 0.717) is 6.54 Å². The Morgan fingerprint density at radius 1 is 1.64 bits per heavy atom. The zero-order valence-corrected chi connectivity index (χ0v) is 6.68. The van der Waals surface area contributed by atoms with Gasteiger partial charge in [0.05, 0.1) is 19.8 Å². The van der Waals surface area contributed by atoms with Gasteiger partial charge >= 0.3 is 0 Å². The first-order valence-electron chi connectivity index (χ1n) is 4.00. The largest absolute Gasteiger partial charge is 0.395 e. The highest BCUT2D eigenvalue weighted by atomic mass is 16.5. The summed E-state index contributed by atoms with van der Waals surface area (Å²) in [7, 11) is 0. The topological polar surface area (TPSA) is 41.5 Å². The minimum atomic E-state index is 0.203. The van der Waals surface area contributed by atoms with Gasteiger partial charge in [0.2, 0.25) is 0 Å². The lowest BCUT2D eigenvalue weighted by Gasteiger charge is -2.13. The minimum Gasteiger partial charge on any atom is -0.395 e. The van der Waals surface area contributed by atoms with Gasteiger partial charge in [-0.05, 0) is 12.0 Å². The smallest absolute Gasteiger partial charge is 0.0689 e. The van der Waals surface area contributed by atoms with E-state index in [1.165, 1.54) is 5.57 Å². The van der Waals surface area contributed by atoms with Crippen LogP contribution in [0.1, 0.15) is 6.42 Å². The fourth-order valence-corrected chi connectivity index (χ4v) is 1.06. The lowest BCUT2D eigenvalue weighted by molar-refractivity contribution is 0.148. The Bertz CT molecular complexity index is 134. The van der Waals surface area contributed by atoms with Crippen LogP contribution in [0, 0.1) is 0 Å². The third-order valence-electron chi connectivity index (χ3n) is 1.62. The number of hydrogen-bond donors (Lipinski definition) is 2. The van der Waals surface area contributed by atoms with Crippen molar-refractivity contribution in [3.63, 3.8) is 0 Å². The molecule has 0 amide bonds. The van der Waals surface area contributed by atoms with Gasteiger partial charge in [0.15, 0.2) is 0 Å². The molecule has 0 unspecified atom stereocenters. The lowest BCUT2D eigenvalue weighted by Crippen LogP contribution is -2.23. The van der Waals surface area contributed by atoms with E-state index >= 15 is 0 Å². The Kier molecular flexibility index (Phi) is 4.19. The number of nitrogens with one attached hydrogen (secondary N) is 1. The van der Waals surface area contributed by atoms with Crippen LogP contribution in [0.2, 0.25) is 0 Å². The second-order valence-electron chi connectivity index (χ2n) is 2.60. The van der Waals surface area contributed by atoms with E-state index in [9.17, 15) is 0 Å². The van der Waals surface area contributed by atoms with E-state index in [1.54, 1.807) is 0 Å². The van der Waals surface area contributed by atoms with Crippen LogP contribution in [0.4, 0.5) is 0 Å². The van der Waals surface area contributed by atoms with Crippen LogP contribution < -0.4 is 5.32 Å². The van der Waals surface area contributed by atoms with Gasteiger partial charge < -0.3 is 15.2 Å². The summed E-state index contributed by atoms with van der Waals surface area (Å²) < 4.78 is 5.24. The molecule has 64 valence electrons. The molecular formula is C8H15NO2. The van der Waals surface area contributed by atoms with Gasteiger partial charge in [0, 0.05) is 13.1 Å². The van der Waals surface area contributed by atoms with E-state index < -0.39 is 0 Å². The Labute approximate surface area is 67.1 Å². The van der Waals surface area contributed by atoms with E-state index in [-0.39, 0.29) is 6.61 Å². The van der Waals surface area contributed by atoms with Gasteiger partial charge in [-0.25, -0.2) is 0 Å². The lowest BCUT2D eigenvalue weighted by atomic mass is 10.2. The summed E-state index contributed by atoms with van der Waals surface area (Å²) in [6.45, 7) is 3.31. The monoisotopic (exact) mass is 157 g/mol. The van der Waals surface area contributed by atoms with Crippen molar-refractivity contribution in [2.45, 2.75) is 6.42 Å². The predicted octanol–water partition coefficient (Wildman–Crippen LogP) is -0.0850. The molecule has 0 saturated heterocycles. The standard InChI is InChI=1S/C8H15NO2/c10-4-3-9-6-8-2-1-5-11-7-8/h2,9-10H,1,3-7H2. The predicted molar refractivity (Wildman–Crippen MR) is 43.5 cm³/mol. The highest BCUT2D eigenvalue weighted by molar-refractivity contribution is 5.06. The third kappa shape index (κ3) is 3.51. The molecule has 0 aromatic rings. The first-order chi connectivity index (χ1) is 5.43. The molecule has 0 aromatic heterocycles. The van der Waals surface area contributed by atoms with E-state index in [2.05, 4.69) is 11.4 Å². The van der Waals surface area contributed by atoms with Crippen LogP contribution in [-0.4, -0.2) is 38.0 Å². The summed E-state index contributed by atoms with van der Waals surface area (Å²) >= 11 is 0. The summed E-state index contributed by atoms with van der Waals surface area (Å²) in [6, 6.07) is 0. The van der Waals surface area contributed by atoms with E-state index in [0.717, 1.165) is 26.2 Å². The summed E-state index contributed by atoms with van der Waals surface area (Å²) in [5, 5.41) is 11.6. The van der Waals surface area contributed by atoms with Crippen molar-refractivity contribution in [1.29, 1.82) is 0 Å². The molecule has 0 atom stereocenters. The Morgan fingerprint density at radius 3 is 3.18 bits per heavy atom. The maximum Gasteiger partial charge on any atom is 0.0689 e. The summed E-state index contributed by atoms with van der Waals surface area (Å²) in [5.74, 6) is 0. The number of ether oxygens (including phenoxy) is 1. The highest BCUT2D eigenvalue weighted by Gasteiger charge is 2.01. The number of aliphatic hydroxyl groups is 1. The van der Waals surface area contributed by atoms with Crippen LogP contribution in [-0.2, 0) is 4.74 Å². The molecule has 1 aliphatic heterocycles. The molecule has 0 aliphatic carbocycles. The number of rotatable bonds is 4. The molecule has 0 fully saturated rings. The summed E-state index contributed by atoms with van der Waals surface area (Å²) in [6.07, 6.45) is 3.23. The average molecular weight is 157 g/mol. The minimum absolute atomic E-state index is 0.203. The van der Waals surface area contributed by atoms with Gasteiger partial charge in [0.25, 0.3) is 0 Å². The van der Waals surface area contributed by atoms with Crippen LogP contribution >= 0.6 is 0 Å². The van der Waals surface area contributed by atoms with Gasteiger partial charge in [-0.15, -0.1) is 0 Å². The Hall–Kier alpha value is -0.380. The van der Waals surface area contributed by atoms with Crippen molar-refractivity contribution in [2.24, 2.45) is 0 Å². The fraction of sp³-hybridized carbons (Fsp3) is 0.750. The van der Waals surface area contributed by atoms with Crippen LogP contribution in [0.15, 0.2) is 11.6 Å². The van der Waals surface area contributed by atoms with Crippen molar-refractivity contribution in [1.82, 2.24) is 5.32 Å². The Balaban J connectivity index is 2.09. The van der Waals surface area contributed by atoms with E-state index in [1.807, 2.05) is 0 Å². The first kappa shape index (κ1) is 8.71. The van der Waals surface area contributed by atoms with Crippen LogP contribution in [0.3, 0.4) is 0 Å². The first-order valence-corrected chi connectivity index (χ1v) is 4.00. The molecule has 1 rings (SSSR count). The molecule has 0 aromatic carbocycles. The van der Waals surface area contributed by atoms with E-state index in [4.69, 9.17) is 9.84 Å². The molecule has 11 heavy (non-hydrogen) atoms. The molecule has 0 spiro atoms. The average Bonchev–Trinajstić information content (AvgIpc) is 2.07. The van der Waals surface area contributed by atoms with Crippen LogP contribution in [0.25, 0.3) is 0 Å². The molecule has 0 radical (unpaired) electrons. The quantitative estimate of drug-likeness (QED) is 0.443. The maximum absolute atomic E-state index is 8.48. The highest BCUT2D eigenvalue weighted by Crippen LogP contribution is 2.03. The van der Waals surface area contributed by atoms with Crippen LogP contribution in [0.5, 0.6) is 0 Å². The van der Waals surface area contributed by atoms with Crippen molar-refractivity contribution in [3.8, 4) is 0 Å². The van der Waals surface area contributed by atoms with Gasteiger partial charge in [-0.3, -0.25) is 0 Å². The van der Waals surface area contributed by atoms with Gasteiger partial charge in [-0.2, -0.15) is 0 Å². The molecular weight excluding hydrogens is 142 g/mol. The normalized spacial score (nSPS) is 18.1. The molecule has 3 heteroatoms. The second kappa shape index (κ2) is 5.29. The SMILES string of the molecule is OCCNCC1=CCCOC1. The molecule has 1 heterocycles. The molecule has 0 bridgehead atoms.